The van der Waals surface area contributed by atoms with Crippen molar-refractivity contribution in [2.75, 3.05) is 0 Å². The van der Waals surface area contributed by atoms with Crippen molar-refractivity contribution in [1.29, 1.82) is 0 Å². The van der Waals surface area contributed by atoms with Gasteiger partial charge in [-0.1, -0.05) is 72.7 Å². The Kier molecular flexibility index (Phi) is 6.63. The second kappa shape index (κ2) is 9.19. The topological polar surface area (TPSA) is 50.9 Å². The standard InChI is InChI=1S/C30H34F3N3O/c1-18(2)21-9-8-10-23(27(21)37)22-13-12-20(16-24(22)29(6,7)17-28(3,4)5)36-34-25-14-11-19(30(31,32)33)15-26(25)35-36/h8-16,18,37H,17H2,1-7H3. The van der Waals surface area contributed by atoms with Gasteiger partial charge in [-0.3, -0.25) is 0 Å². The van der Waals surface area contributed by atoms with E-state index < -0.39 is 11.7 Å². The molecule has 4 aromatic rings. The molecule has 4 rings (SSSR count). The summed E-state index contributed by atoms with van der Waals surface area (Å²) in [5, 5.41) is 20.0. The molecule has 196 valence electrons. The van der Waals surface area contributed by atoms with E-state index in [-0.39, 0.29) is 28.0 Å². The predicted octanol–water partition coefficient (Wildman–Crippen LogP) is 8.65. The summed E-state index contributed by atoms with van der Waals surface area (Å²) in [6.07, 6.45) is -3.58. The number of fused-ring (bicyclic) bond motifs is 1. The SMILES string of the molecule is CC(C)c1cccc(-c2ccc(-n3nc4ccc(C(F)(F)F)cc4n3)cc2C(C)(C)CC(C)(C)C)c1O. The highest BCUT2D eigenvalue weighted by atomic mass is 19.4. The van der Waals surface area contributed by atoms with E-state index in [1.54, 1.807) is 0 Å². The van der Waals surface area contributed by atoms with E-state index >= 15 is 0 Å². The molecule has 0 unspecified atom stereocenters. The van der Waals surface area contributed by atoms with Gasteiger partial charge in [0.15, 0.2) is 0 Å². The third-order valence-electron chi connectivity index (χ3n) is 6.62. The Hall–Kier alpha value is -3.35. The third-order valence-corrected chi connectivity index (χ3v) is 6.62. The van der Waals surface area contributed by atoms with Crippen LogP contribution in [-0.2, 0) is 11.6 Å². The fourth-order valence-corrected chi connectivity index (χ4v) is 5.32. The van der Waals surface area contributed by atoms with Crippen LogP contribution in [-0.4, -0.2) is 20.1 Å². The molecular formula is C30H34F3N3O. The molecule has 7 heteroatoms. The van der Waals surface area contributed by atoms with E-state index in [0.717, 1.165) is 40.8 Å². The number of aromatic hydroxyl groups is 1. The van der Waals surface area contributed by atoms with E-state index in [0.29, 0.717) is 11.2 Å². The summed E-state index contributed by atoms with van der Waals surface area (Å²) in [5.74, 6) is 0.424. The van der Waals surface area contributed by atoms with Gasteiger partial charge in [-0.15, -0.1) is 10.2 Å². The number of phenols is 1. The van der Waals surface area contributed by atoms with Crippen LogP contribution in [0, 0.1) is 5.41 Å². The van der Waals surface area contributed by atoms with E-state index in [1.807, 2.05) is 50.2 Å². The monoisotopic (exact) mass is 509 g/mol. The average Bonchev–Trinajstić information content (AvgIpc) is 3.20. The number of nitrogens with zero attached hydrogens (tertiary/aromatic N) is 3. The first-order chi connectivity index (χ1) is 17.1. The minimum Gasteiger partial charge on any atom is -0.507 e. The van der Waals surface area contributed by atoms with Gasteiger partial charge in [0.1, 0.15) is 16.8 Å². The predicted molar refractivity (Wildman–Crippen MR) is 142 cm³/mol. The first kappa shape index (κ1) is 26.7. The highest BCUT2D eigenvalue weighted by Crippen LogP contribution is 2.45. The number of para-hydroxylation sites is 1. The molecule has 0 fully saturated rings. The summed E-state index contributed by atoms with van der Waals surface area (Å²) < 4.78 is 39.6. The molecule has 0 saturated carbocycles. The Bertz CT molecular complexity index is 1440. The zero-order chi connectivity index (χ0) is 27.3. The van der Waals surface area contributed by atoms with Gasteiger partial charge in [0.25, 0.3) is 0 Å². The number of hydrogen-bond donors (Lipinski definition) is 1. The molecule has 0 radical (unpaired) electrons. The van der Waals surface area contributed by atoms with Gasteiger partial charge < -0.3 is 5.11 Å². The normalized spacial score (nSPS) is 13.1. The number of aromatic nitrogens is 3. The fraction of sp³-hybridized carbons (Fsp3) is 0.400. The molecule has 1 heterocycles. The van der Waals surface area contributed by atoms with Crippen LogP contribution >= 0.6 is 0 Å². The molecule has 0 amide bonds. The van der Waals surface area contributed by atoms with Crippen molar-refractivity contribution in [2.24, 2.45) is 5.41 Å². The van der Waals surface area contributed by atoms with Gasteiger partial charge in [0.2, 0.25) is 0 Å². The molecule has 0 atom stereocenters. The zero-order valence-corrected chi connectivity index (χ0v) is 22.4. The Morgan fingerprint density at radius 1 is 0.838 bits per heavy atom. The Morgan fingerprint density at radius 3 is 2.14 bits per heavy atom. The van der Waals surface area contributed by atoms with Crippen molar-refractivity contribution >= 4 is 11.0 Å². The Balaban J connectivity index is 1.91. The molecule has 1 aromatic heterocycles. The maximum atomic E-state index is 13.2. The third kappa shape index (κ3) is 5.50. The zero-order valence-electron chi connectivity index (χ0n) is 22.4. The summed E-state index contributed by atoms with van der Waals surface area (Å²) >= 11 is 0. The van der Waals surface area contributed by atoms with E-state index in [9.17, 15) is 18.3 Å². The van der Waals surface area contributed by atoms with Crippen LogP contribution in [0.15, 0.2) is 54.6 Å². The first-order valence-corrected chi connectivity index (χ1v) is 12.5. The summed E-state index contributed by atoms with van der Waals surface area (Å²) in [6, 6.07) is 15.0. The Morgan fingerprint density at radius 2 is 1.51 bits per heavy atom. The largest absolute Gasteiger partial charge is 0.507 e. The number of hydrogen-bond acceptors (Lipinski definition) is 3. The van der Waals surface area contributed by atoms with E-state index in [1.165, 1.54) is 10.9 Å². The molecule has 0 spiro atoms. The van der Waals surface area contributed by atoms with Crippen molar-refractivity contribution in [3.8, 4) is 22.6 Å². The number of phenolic OH excluding ortho intramolecular Hbond substituents is 1. The van der Waals surface area contributed by atoms with Crippen LogP contribution in [0.1, 0.15) is 77.5 Å². The number of rotatable bonds is 5. The lowest BCUT2D eigenvalue weighted by Crippen LogP contribution is -2.26. The number of halogens is 3. The fourth-order valence-electron chi connectivity index (χ4n) is 5.32. The minimum absolute atomic E-state index is 0.0330. The molecule has 0 saturated heterocycles. The summed E-state index contributed by atoms with van der Waals surface area (Å²) in [5.41, 5.74) is 3.74. The highest BCUT2D eigenvalue weighted by Gasteiger charge is 2.32. The molecule has 0 aliphatic heterocycles. The van der Waals surface area contributed by atoms with Gasteiger partial charge in [0, 0.05) is 5.56 Å². The van der Waals surface area contributed by atoms with Gasteiger partial charge in [-0.25, -0.2) is 0 Å². The summed E-state index contributed by atoms with van der Waals surface area (Å²) in [7, 11) is 0. The van der Waals surface area contributed by atoms with Crippen LogP contribution < -0.4 is 0 Å². The smallest absolute Gasteiger partial charge is 0.416 e. The van der Waals surface area contributed by atoms with Crippen LogP contribution in [0.4, 0.5) is 13.2 Å². The molecule has 1 N–H and O–H groups in total. The van der Waals surface area contributed by atoms with Crippen molar-refractivity contribution in [3.05, 3.63) is 71.3 Å². The quantitative estimate of drug-likeness (QED) is 0.293. The van der Waals surface area contributed by atoms with E-state index in [2.05, 4.69) is 44.8 Å². The van der Waals surface area contributed by atoms with Gasteiger partial charge in [-0.2, -0.15) is 18.0 Å². The first-order valence-electron chi connectivity index (χ1n) is 12.5. The molecule has 4 nitrogen and oxygen atoms in total. The molecule has 0 aliphatic carbocycles. The molecule has 0 aliphatic rings. The van der Waals surface area contributed by atoms with Crippen LogP contribution in [0.3, 0.4) is 0 Å². The lowest BCUT2D eigenvalue weighted by atomic mass is 9.70. The highest BCUT2D eigenvalue weighted by molar-refractivity contribution is 5.78. The van der Waals surface area contributed by atoms with E-state index in [4.69, 9.17) is 0 Å². The van der Waals surface area contributed by atoms with Crippen LogP contribution in [0.5, 0.6) is 5.75 Å². The number of alkyl halides is 3. The second-order valence-electron chi connectivity index (χ2n) is 11.9. The van der Waals surface area contributed by atoms with Crippen molar-refractivity contribution < 1.29 is 18.3 Å². The molecule has 37 heavy (non-hydrogen) atoms. The van der Waals surface area contributed by atoms with Crippen molar-refractivity contribution in [3.63, 3.8) is 0 Å². The van der Waals surface area contributed by atoms with Gasteiger partial charge >= 0.3 is 6.18 Å². The lowest BCUT2D eigenvalue weighted by molar-refractivity contribution is -0.137. The second-order valence-corrected chi connectivity index (χ2v) is 11.9. The molecule has 3 aromatic carbocycles. The lowest BCUT2D eigenvalue weighted by Gasteiger charge is -2.35. The number of benzene rings is 3. The van der Waals surface area contributed by atoms with Crippen LogP contribution in [0.25, 0.3) is 27.8 Å². The summed E-state index contributed by atoms with van der Waals surface area (Å²) in [4.78, 5) is 1.38. The van der Waals surface area contributed by atoms with Crippen molar-refractivity contribution in [2.45, 2.75) is 72.4 Å². The maximum absolute atomic E-state index is 13.2. The van der Waals surface area contributed by atoms with Gasteiger partial charge in [0.05, 0.1) is 11.3 Å². The summed E-state index contributed by atoms with van der Waals surface area (Å²) in [6.45, 7) is 15.0. The Labute approximate surface area is 216 Å². The van der Waals surface area contributed by atoms with Gasteiger partial charge in [-0.05, 0) is 70.2 Å². The average molecular weight is 510 g/mol. The molecule has 0 bridgehead atoms. The minimum atomic E-state index is -4.45. The maximum Gasteiger partial charge on any atom is 0.416 e. The molecular weight excluding hydrogens is 475 g/mol. The van der Waals surface area contributed by atoms with Crippen molar-refractivity contribution in [1.82, 2.24) is 15.0 Å². The van der Waals surface area contributed by atoms with Crippen LogP contribution in [0.2, 0.25) is 0 Å².